The third kappa shape index (κ3) is 2.90. The minimum Gasteiger partial charge on any atom is -0.342 e. The van der Waals surface area contributed by atoms with Crippen LogP contribution in [-0.4, -0.2) is 34.1 Å². The molecule has 1 aromatic heterocycles. The Hall–Kier alpha value is -2.10. The number of aromatic nitrogens is 2. The Morgan fingerprint density at radius 3 is 3.04 bits per heavy atom. The first-order valence-electron chi connectivity index (χ1n) is 8.57. The number of carbonyl (C=O) groups excluding carboxylic acids is 1. The van der Waals surface area contributed by atoms with Crippen LogP contribution in [0.15, 0.2) is 36.5 Å². The molecule has 2 aromatic rings. The molecular formula is C19H23N3O. The Balaban J connectivity index is 1.42. The number of nitrogens with zero attached hydrogens (tertiary/aromatic N) is 2. The minimum absolute atomic E-state index is 0.192. The van der Waals surface area contributed by atoms with Crippen molar-refractivity contribution in [3.63, 3.8) is 0 Å². The minimum atomic E-state index is 0.192. The fraction of sp³-hybridized carbons (Fsp3) is 0.474. The van der Waals surface area contributed by atoms with Crippen LogP contribution in [-0.2, 0) is 4.79 Å². The highest BCUT2D eigenvalue weighted by Gasteiger charge is 2.46. The highest BCUT2D eigenvalue weighted by Crippen LogP contribution is 2.49. The quantitative estimate of drug-likeness (QED) is 0.946. The summed E-state index contributed by atoms with van der Waals surface area (Å²) in [6, 6.07) is 10.6. The van der Waals surface area contributed by atoms with Gasteiger partial charge in [0.2, 0.25) is 5.91 Å². The molecule has 120 valence electrons. The van der Waals surface area contributed by atoms with Crippen molar-refractivity contribution < 1.29 is 4.79 Å². The lowest BCUT2D eigenvalue weighted by atomic mass is 9.94. The molecule has 2 aliphatic rings. The number of aryl methyl sites for hydroxylation is 1. The van der Waals surface area contributed by atoms with Gasteiger partial charge in [0.1, 0.15) is 0 Å². The van der Waals surface area contributed by atoms with Crippen molar-refractivity contribution in [1.82, 2.24) is 15.1 Å². The summed E-state index contributed by atoms with van der Waals surface area (Å²) in [4.78, 5) is 14.9. The van der Waals surface area contributed by atoms with Crippen molar-refractivity contribution in [2.45, 2.75) is 38.0 Å². The SMILES string of the molecule is Cc1cccc([C@@H]2C[C@H]2C(=O)N2CCC[C@H](c3ccn[nH]3)C2)c1. The number of piperidine rings is 1. The van der Waals surface area contributed by atoms with Gasteiger partial charge in [-0.15, -0.1) is 0 Å². The average Bonchev–Trinajstić information content (AvgIpc) is 3.19. The molecule has 4 heteroatoms. The van der Waals surface area contributed by atoms with Gasteiger partial charge >= 0.3 is 0 Å². The van der Waals surface area contributed by atoms with Crippen LogP contribution in [0.25, 0.3) is 0 Å². The van der Waals surface area contributed by atoms with Gasteiger partial charge in [-0.25, -0.2) is 0 Å². The third-order valence-electron chi connectivity index (χ3n) is 5.27. The van der Waals surface area contributed by atoms with Crippen LogP contribution in [0.4, 0.5) is 0 Å². The molecule has 1 saturated heterocycles. The van der Waals surface area contributed by atoms with Gasteiger partial charge in [-0.05, 0) is 43.7 Å². The van der Waals surface area contributed by atoms with Crippen LogP contribution in [0, 0.1) is 12.8 Å². The zero-order chi connectivity index (χ0) is 15.8. The van der Waals surface area contributed by atoms with Gasteiger partial charge in [-0.2, -0.15) is 5.10 Å². The summed E-state index contributed by atoms with van der Waals surface area (Å²) >= 11 is 0. The zero-order valence-corrected chi connectivity index (χ0v) is 13.5. The summed E-state index contributed by atoms with van der Waals surface area (Å²) in [6.07, 6.45) is 5.02. The normalized spacial score (nSPS) is 27.0. The lowest BCUT2D eigenvalue weighted by Crippen LogP contribution is -2.40. The number of carbonyl (C=O) groups is 1. The number of aromatic amines is 1. The predicted molar refractivity (Wildman–Crippen MR) is 89.2 cm³/mol. The molecule has 4 rings (SSSR count). The molecule has 0 unspecified atom stereocenters. The van der Waals surface area contributed by atoms with Crippen molar-refractivity contribution in [1.29, 1.82) is 0 Å². The number of hydrogen-bond donors (Lipinski definition) is 1. The summed E-state index contributed by atoms with van der Waals surface area (Å²) in [6.45, 7) is 3.85. The lowest BCUT2D eigenvalue weighted by Gasteiger charge is -2.32. The first kappa shape index (κ1) is 14.5. The molecule has 2 heterocycles. The number of H-pyrrole nitrogens is 1. The highest BCUT2D eigenvalue weighted by atomic mass is 16.2. The van der Waals surface area contributed by atoms with E-state index in [-0.39, 0.29) is 5.92 Å². The molecule has 4 nitrogen and oxygen atoms in total. The zero-order valence-electron chi connectivity index (χ0n) is 13.5. The standard InChI is InChI=1S/C19H23N3O/c1-13-4-2-5-14(10-13)16-11-17(16)19(23)22-9-3-6-15(12-22)18-7-8-20-21-18/h2,4-5,7-8,10,15-17H,3,6,9,11-12H2,1H3,(H,20,21)/t15-,16-,17+/m0/s1. The summed E-state index contributed by atoms with van der Waals surface area (Å²) in [7, 11) is 0. The predicted octanol–water partition coefficient (Wildman–Crippen LogP) is 3.23. The van der Waals surface area contributed by atoms with Gasteiger partial charge in [0.05, 0.1) is 0 Å². The average molecular weight is 309 g/mol. The maximum Gasteiger partial charge on any atom is 0.226 e. The summed E-state index contributed by atoms with van der Waals surface area (Å²) in [5.74, 6) is 1.37. The van der Waals surface area contributed by atoms with Crippen molar-refractivity contribution in [2.75, 3.05) is 13.1 Å². The Kier molecular flexibility index (Phi) is 3.68. The Morgan fingerprint density at radius 2 is 2.26 bits per heavy atom. The monoisotopic (exact) mass is 309 g/mol. The van der Waals surface area contributed by atoms with E-state index >= 15 is 0 Å². The van der Waals surface area contributed by atoms with Crippen LogP contribution in [0.3, 0.4) is 0 Å². The topological polar surface area (TPSA) is 49.0 Å². The molecule has 1 aliphatic heterocycles. The van der Waals surface area contributed by atoms with E-state index < -0.39 is 0 Å². The maximum atomic E-state index is 12.8. The highest BCUT2D eigenvalue weighted by molar-refractivity contribution is 5.83. The number of nitrogens with one attached hydrogen (secondary N) is 1. The Bertz CT molecular complexity index is 694. The summed E-state index contributed by atoms with van der Waals surface area (Å²) in [5, 5.41) is 7.11. The van der Waals surface area contributed by atoms with Crippen LogP contribution >= 0.6 is 0 Å². The molecule has 2 fully saturated rings. The number of benzene rings is 1. The summed E-state index contributed by atoms with van der Waals surface area (Å²) in [5.41, 5.74) is 3.76. The smallest absolute Gasteiger partial charge is 0.226 e. The van der Waals surface area contributed by atoms with E-state index in [2.05, 4.69) is 46.3 Å². The van der Waals surface area contributed by atoms with E-state index in [1.807, 2.05) is 6.07 Å². The van der Waals surface area contributed by atoms with Crippen molar-refractivity contribution >= 4 is 5.91 Å². The molecule has 1 amide bonds. The van der Waals surface area contributed by atoms with Crippen molar-refractivity contribution in [3.8, 4) is 0 Å². The van der Waals surface area contributed by atoms with Gasteiger partial charge in [0, 0.05) is 36.8 Å². The molecule has 0 bridgehead atoms. The first-order chi connectivity index (χ1) is 11.2. The number of amides is 1. The van der Waals surface area contributed by atoms with Gasteiger partial charge < -0.3 is 4.90 Å². The van der Waals surface area contributed by atoms with E-state index in [0.29, 0.717) is 17.7 Å². The number of likely N-dealkylation sites (tertiary alicyclic amines) is 1. The summed E-state index contributed by atoms with van der Waals surface area (Å²) < 4.78 is 0. The van der Waals surface area contributed by atoms with Crippen molar-refractivity contribution in [2.24, 2.45) is 5.92 Å². The van der Waals surface area contributed by atoms with Crippen LogP contribution in [0.2, 0.25) is 0 Å². The molecule has 1 saturated carbocycles. The molecule has 3 atom stereocenters. The lowest BCUT2D eigenvalue weighted by molar-refractivity contribution is -0.133. The first-order valence-corrected chi connectivity index (χ1v) is 8.57. The van der Waals surface area contributed by atoms with E-state index in [4.69, 9.17) is 0 Å². The Morgan fingerprint density at radius 1 is 1.35 bits per heavy atom. The second-order valence-electron chi connectivity index (χ2n) is 7.00. The molecule has 0 radical (unpaired) electrons. The third-order valence-corrected chi connectivity index (χ3v) is 5.27. The van der Waals surface area contributed by atoms with Crippen LogP contribution in [0.1, 0.15) is 47.9 Å². The maximum absolute atomic E-state index is 12.8. The molecule has 1 aromatic carbocycles. The van der Waals surface area contributed by atoms with Crippen LogP contribution < -0.4 is 0 Å². The van der Waals surface area contributed by atoms with Crippen molar-refractivity contribution in [3.05, 3.63) is 53.3 Å². The second kappa shape index (κ2) is 5.84. The van der Waals surface area contributed by atoms with Gasteiger partial charge in [-0.3, -0.25) is 9.89 Å². The van der Waals surface area contributed by atoms with E-state index in [0.717, 1.165) is 38.0 Å². The fourth-order valence-corrected chi connectivity index (χ4v) is 3.90. The molecule has 1 N–H and O–H groups in total. The second-order valence-corrected chi connectivity index (χ2v) is 7.00. The van der Waals surface area contributed by atoms with E-state index in [1.165, 1.54) is 11.1 Å². The molecule has 23 heavy (non-hydrogen) atoms. The van der Waals surface area contributed by atoms with Gasteiger partial charge in [0.15, 0.2) is 0 Å². The number of rotatable bonds is 3. The largest absolute Gasteiger partial charge is 0.342 e. The van der Waals surface area contributed by atoms with Gasteiger partial charge in [0.25, 0.3) is 0 Å². The van der Waals surface area contributed by atoms with Gasteiger partial charge in [-0.1, -0.05) is 29.8 Å². The van der Waals surface area contributed by atoms with E-state index in [9.17, 15) is 4.79 Å². The molecule has 1 aliphatic carbocycles. The molecular weight excluding hydrogens is 286 g/mol. The fourth-order valence-electron chi connectivity index (χ4n) is 3.90. The van der Waals surface area contributed by atoms with E-state index in [1.54, 1.807) is 6.20 Å². The molecule has 0 spiro atoms. The number of hydrogen-bond acceptors (Lipinski definition) is 2. The van der Waals surface area contributed by atoms with Crippen LogP contribution in [0.5, 0.6) is 0 Å². The Labute approximate surface area is 136 Å².